The average molecular weight is 298 g/mol. The Morgan fingerprint density at radius 1 is 1.05 bits per heavy atom. The SMILES string of the molecule is CC(C)(C)OC(=O)N1CCC(C(=O)N2CCC(O)C2)CC1. The average Bonchev–Trinajstić information content (AvgIpc) is 2.83. The van der Waals surface area contributed by atoms with Gasteiger partial charge in [-0.15, -0.1) is 0 Å². The molecule has 2 aliphatic rings. The van der Waals surface area contributed by atoms with Crippen LogP contribution in [-0.4, -0.2) is 64.8 Å². The summed E-state index contributed by atoms with van der Waals surface area (Å²) in [5.41, 5.74) is -0.491. The summed E-state index contributed by atoms with van der Waals surface area (Å²) < 4.78 is 5.35. The molecule has 1 atom stereocenters. The van der Waals surface area contributed by atoms with Gasteiger partial charge in [0.05, 0.1) is 6.10 Å². The Balaban J connectivity index is 1.80. The van der Waals surface area contributed by atoms with E-state index in [1.54, 1.807) is 9.80 Å². The number of rotatable bonds is 1. The number of aliphatic hydroxyl groups is 1. The lowest BCUT2D eigenvalue weighted by Crippen LogP contribution is -2.45. The van der Waals surface area contributed by atoms with Gasteiger partial charge < -0.3 is 19.6 Å². The number of carbonyl (C=O) groups is 2. The topological polar surface area (TPSA) is 70.1 Å². The Bertz CT molecular complexity index is 397. The van der Waals surface area contributed by atoms with Crippen LogP contribution < -0.4 is 0 Å². The molecule has 0 aliphatic carbocycles. The van der Waals surface area contributed by atoms with Crippen molar-refractivity contribution in [2.75, 3.05) is 26.2 Å². The molecule has 0 bridgehead atoms. The van der Waals surface area contributed by atoms with E-state index in [4.69, 9.17) is 4.74 Å². The zero-order valence-electron chi connectivity index (χ0n) is 13.2. The van der Waals surface area contributed by atoms with E-state index in [0.717, 1.165) is 0 Å². The number of β-amino-alcohol motifs (C(OH)–C–C–N with tert-alkyl or cyclic N) is 1. The summed E-state index contributed by atoms with van der Waals surface area (Å²) in [7, 11) is 0. The fraction of sp³-hybridized carbons (Fsp3) is 0.867. The molecule has 120 valence electrons. The van der Waals surface area contributed by atoms with Crippen LogP contribution in [0.4, 0.5) is 4.79 Å². The number of hydrogen-bond donors (Lipinski definition) is 1. The highest BCUT2D eigenvalue weighted by Gasteiger charge is 2.34. The minimum absolute atomic E-state index is 0.0333. The van der Waals surface area contributed by atoms with Crippen molar-refractivity contribution >= 4 is 12.0 Å². The summed E-state index contributed by atoms with van der Waals surface area (Å²) in [4.78, 5) is 27.7. The summed E-state index contributed by atoms with van der Waals surface area (Å²) in [6.45, 7) is 7.75. The summed E-state index contributed by atoms with van der Waals surface area (Å²) in [5, 5.41) is 9.51. The minimum atomic E-state index is -0.491. The number of piperidine rings is 1. The first-order chi connectivity index (χ1) is 9.76. The molecule has 0 spiro atoms. The maximum Gasteiger partial charge on any atom is 0.410 e. The van der Waals surface area contributed by atoms with Crippen LogP contribution in [-0.2, 0) is 9.53 Å². The van der Waals surface area contributed by atoms with Gasteiger partial charge in [0.1, 0.15) is 5.60 Å². The third-order valence-electron chi connectivity index (χ3n) is 3.97. The van der Waals surface area contributed by atoms with E-state index in [-0.39, 0.29) is 24.0 Å². The molecule has 2 rings (SSSR count). The quantitative estimate of drug-likeness (QED) is 0.790. The molecule has 0 saturated carbocycles. The van der Waals surface area contributed by atoms with Crippen molar-refractivity contribution in [3.05, 3.63) is 0 Å². The van der Waals surface area contributed by atoms with Crippen molar-refractivity contribution < 1.29 is 19.4 Å². The number of likely N-dealkylation sites (tertiary alicyclic amines) is 2. The van der Waals surface area contributed by atoms with Crippen LogP contribution >= 0.6 is 0 Å². The van der Waals surface area contributed by atoms with Gasteiger partial charge in [-0.05, 0) is 40.0 Å². The first kappa shape index (κ1) is 16.1. The molecule has 2 fully saturated rings. The lowest BCUT2D eigenvalue weighted by molar-refractivity contribution is -0.136. The number of nitrogens with zero attached hydrogens (tertiary/aromatic N) is 2. The summed E-state index contributed by atoms with van der Waals surface area (Å²) in [6, 6.07) is 0. The molecule has 1 N–H and O–H groups in total. The summed E-state index contributed by atoms with van der Waals surface area (Å²) in [6.07, 6.45) is 1.33. The number of aliphatic hydroxyl groups excluding tert-OH is 1. The minimum Gasteiger partial charge on any atom is -0.444 e. The van der Waals surface area contributed by atoms with Gasteiger partial charge >= 0.3 is 6.09 Å². The van der Waals surface area contributed by atoms with Crippen LogP contribution in [0.25, 0.3) is 0 Å². The van der Waals surface area contributed by atoms with Crippen molar-refractivity contribution in [1.82, 2.24) is 9.80 Å². The van der Waals surface area contributed by atoms with Crippen LogP contribution in [0.3, 0.4) is 0 Å². The Labute approximate surface area is 126 Å². The van der Waals surface area contributed by atoms with Gasteiger partial charge in [0.15, 0.2) is 0 Å². The van der Waals surface area contributed by atoms with E-state index in [0.29, 0.717) is 45.4 Å². The maximum atomic E-state index is 12.3. The zero-order valence-corrected chi connectivity index (χ0v) is 13.2. The monoisotopic (exact) mass is 298 g/mol. The first-order valence-corrected chi connectivity index (χ1v) is 7.71. The Kier molecular flexibility index (Phi) is 4.76. The van der Waals surface area contributed by atoms with Gasteiger partial charge in [-0.1, -0.05) is 0 Å². The van der Waals surface area contributed by atoms with Crippen molar-refractivity contribution in [3.63, 3.8) is 0 Å². The number of hydrogen-bond acceptors (Lipinski definition) is 4. The van der Waals surface area contributed by atoms with Crippen molar-refractivity contribution in [2.24, 2.45) is 5.92 Å². The lowest BCUT2D eigenvalue weighted by atomic mass is 9.95. The third kappa shape index (κ3) is 4.33. The highest BCUT2D eigenvalue weighted by atomic mass is 16.6. The van der Waals surface area contributed by atoms with Crippen LogP contribution in [0.15, 0.2) is 0 Å². The largest absolute Gasteiger partial charge is 0.444 e. The molecule has 2 heterocycles. The van der Waals surface area contributed by atoms with Gasteiger partial charge in [-0.25, -0.2) is 4.79 Å². The van der Waals surface area contributed by atoms with E-state index in [1.165, 1.54) is 0 Å². The molecule has 2 aliphatic heterocycles. The highest BCUT2D eigenvalue weighted by Crippen LogP contribution is 2.23. The Hall–Kier alpha value is -1.30. The molecule has 2 amide bonds. The van der Waals surface area contributed by atoms with E-state index in [1.807, 2.05) is 20.8 Å². The molecular weight excluding hydrogens is 272 g/mol. The van der Waals surface area contributed by atoms with Crippen molar-refractivity contribution in [1.29, 1.82) is 0 Å². The van der Waals surface area contributed by atoms with Crippen LogP contribution in [0.2, 0.25) is 0 Å². The second-order valence-corrected chi connectivity index (χ2v) is 6.97. The molecule has 0 aromatic carbocycles. The van der Waals surface area contributed by atoms with E-state index < -0.39 is 5.60 Å². The number of carbonyl (C=O) groups excluding carboxylic acids is 2. The number of ether oxygens (including phenoxy) is 1. The molecule has 1 unspecified atom stereocenters. The predicted molar refractivity (Wildman–Crippen MR) is 77.7 cm³/mol. The molecule has 6 heteroatoms. The molecule has 21 heavy (non-hydrogen) atoms. The van der Waals surface area contributed by atoms with Gasteiger partial charge in [0.25, 0.3) is 0 Å². The molecule has 6 nitrogen and oxygen atoms in total. The first-order valence-electron chi connectivity index (χ1n) is 7.71. The fourth-order valence-corrected chi connectivity index (χ4v) is 2.84. The molecule has 0 radical (unpaired) electrons. The smallest absolute Gasteiger partial charge is 0.410 e. The Morgan fingerprint density at radius 2 is 1.62 bits per heavy atom. The zero-order chi connectivity index (χ0) is 15.6. The standard InChI is InChI=1S/C15H26N2O4/c1-15(2,3)21-14(20)16-7-4-11(5-8-16)13(19)17-9-6-12(18)10-17/h11-12,18H,4-10H2,1-3H3. The fourth-order valence-electron chi connectivity index (χ4n) is 2.84. The van der Waals surface area contributed by atoms with Crippen LogP contribution in [0, 0.1) is 5.92 Å². The second-order valence-electron chi connectivity index (χ2n) is 6.97. The van der Waals surface area contributed by atoms with Crippen molar-refractivity contribution in [3.8, 4) is 0 Å². The summed E-state index contributed by atoms with van der Waals surface area (Å²) in [5.74, 6) is 0.0874. The predicted octanol–water partition coefficient (Wildman–Crippen LogP) is 1.23. The van der Waals surface area contributed by atoms with Crippen LogP contribution in [0.1, 0.15) is 40.0 Å². The molecule has 0 aromatic rings. The molecule has 0 aromatic heterocycles. The Morgan fingerprint density at radius 3 is 2.10 bits per heavy atom. The third-order valence-corrected chi connectivity index (χ3v) is 3.97. The molecular formula is C15H26N2O4. The van der Waals surface area contributed by atoms with E-state index >= 15 is 0 Å². The van der Waals surface area contributed by atoms with Crippen molar-refractivity contribution in [2.45, 2.75) is 51.7 Å². The summed E-state index contributed by atoms with van der Waals surface area (Å²) >= 11 is 0. The van der Waals surface area contributed by atoms with Gasteiger partial charge in [0, 0.05) is 32.1 Å². The molecule has 2 saturated heterocycles. The second kappa shape index (κ2) is 6.22. The van der Waals surface area contributed by atoms with E-state index in [2.05, 4.69) is 0 Å². The maximum absolute atomic E-state index is 12.3. The lowest BCUT2D eigenvalue weighted by Gasteiger charge is -2.34. The van der Waals surface area contributed by atoms with Gasteiger partial charge in [-0.2, -0.15) is 0 Å². The van der Waals surface area contributed by atoms with Crippen LogP contribution in [0.5, 0.6) is 0 Å². The van der Waals surface area contributed by atoms with E-state index in [9.17, 15) is 14.7 Å². The van der Waals surface area contributed by atoms with Gasteiger partial charge in [0.2, 0.25) is 5.91 Å². The number of amides is 2. The highest BCUT2D eigenvalue weighted by molar-refractivity contribution is 5.79. The van der Waals surface area contributed by atoms with Gasteiger partial charge in [-0.3, -0.25) is 4.79 Å². The normalized spacial score (nSPS) is 24.3.